The molecule has 3 aromatic rings. The molecule has 0 fully saturated rings. The summed E-state index contributed by atoms with van der Waals surface area (Å²) in [6.45, 7) is 3.51. The number of halogens is 2. The Bertz CT molecular complexity index is 947. The largest absolute Gasteiger partial charge is 0.497 e. The normalized spacial score (nSPS) is 10.5. The Morgan fingerprint density at radius 3 is 2.34 bits per heavy atom. The van der Waals surface area contributed by atoms with Crippen molar-refractivity contribution < 1.29 is 14.2 Å². The summed E-state index contributed by atoms with van der Waals surface area (Å²) in [5.74, 6) is 2.21. The summed E-state index contributed by atoms with van der Waals surface area (Å²) >= 11 is 9.88. The summed E-state index contributed by atoms with van der Waals surface area (Å²) in [5.41, 5.74) is 3.00. The fourth-order valence-corrected chi connectivity index (χ4v) is 3.42. The summed E-state index contributed by atoms with van der Waals surface area (Å²) in [5, 5.41) is 4.09. The van der Waals surface area contributed by atoms with E-state index in [1.165, 1.54) is 0 Å². The van der Waals surface area contributed by atoms with Gasteiger partial charge < -0.3 is 19.5 Å². The molecule has 0 aliphatic heterocycles. The molecule has 0 atom stereocenters. The SMILES string of the molecule is CCOc1cc(CNc2ccc(OC)cc2)c(Br)cc1OCc1ccccc1Cl. The molecule has 3 aromatic carbocycles. The molecule has 0 saturated carbocycles. The molecule has 152 valence electrons. The van der Waals surface area contributed by atoms with Gasteiger partial charge in [-0.2, -0.15) is 0 Å². The van der Waals surface area contributed by atoms with Gasteiger partial charge in [-0.05, 0) is 55.0 Å². The lowest BCUT2D eigenvalue weighted by Gasteiger charge is -2.16. The predicted octanol–water partition coefficient (Wildman–Crippen LogP) is 6.70. The molecule has 0 saturated heterocycles. The van der Waals surface area contributed by atoms with Gasteiger partial charge in [-0.25, -0.2) is 0 Å². The average molecular weight is 477 g/mol. The first-order chi connectivity index (χ1) is 14.1. The van der Waals surface area contributed by atoms with Crippen molar-refractivity contribution in [2.24, 2.45) is 0 Å². The van der Waals surface area contributed by atoms with Crippen molar-refractivity contribution in [1.82, 2.24) is 0 Å². The number of hydrogen-bond acceptors (Lipinski definition) is 4. The Morgan fingerprint density at radius 1 is 0.931 bits per heavy atom. The molecule has 0 aromatic heterocycles. The zero-order valence-corrected chi connectivity index (χ0v) is 18.7. The van der Waals surface area contributed by atoms with E-state index in [0.29, 0.717) is 36.3 Å². The number of ether oxygens (including phenoxy) is 3. The lowest BCUT2D eigenvalue weighted by atomic mass is 10.2. The first-order valence-electron chi connectivity index (χ1n) is 9.30. The van der Waals surface area contributed by atoms with Crippen LogP contribution in [0.25, 0.3) is 0 Å². The molecule has 0 aliphatic carbocycles. The van der Waals surface area contributed by atoms with Gasteiger partial charge in [0.2, 0.25) is 0 Å². The van der Waals surface area contributed by atoms with Gasteiger partial charge in [0, 0.05) is 27.3 Å². The minimum absolute atomic E-state index is 0.371. The molecule has 0 spiro atoms. The van der Waals surface area contributed by atoms with Gasteiger partial charge >= 0.3 is 0 Å². The Balaban J connectivity index is 1.73. The number of rotatable bonds is 9. The molecule has 3 rings (SSSR count). The highest BCUT2D eigenvalue weighted by atomic mass is 79.9. The lowest BCUT2D eigenvalue weighted by Crippen LogP contribution is -2.04. The highest BCUT2D eigenvalue weighted by molar-refractivity contribution is 9.10. The molecule has 6 heteroatoms. The van der Waals surface area contributed by atoms with E-state index >= 15 is 0 Å². The van der Waals surface area contributed by atoms with Crippen LogP contribution in [0, 0.1) is 0 Å². The van der Waals surface area contributed by atoms with Crippen LogP contribution in [0.5, 0.6) is 17.2 Å². The van der Waals surface area contributed by atoms with Crippen LogP contribution >= 0.6 is 27.5 Å². The summed E-state index contributed by atoms with van der Waals surface area (Å²) in [6, 6.07) is 19.4. The number of anilines is 1. The molecule has 0 bridgehead atoms. The van der Waals surface area contributed by atoms with E-state index in [-0.39, 0.29) is 0 Å². The van der Waals surface area contributed by atoms with Gasteiger partial charge in [0.1, 0.15) is 12.4 Å². The van der Waals surface area contributed by atoms with Crippen LogP contribution < -0.4 is 19.5 Å². The first-order valence-corrected chi connectivity index (χ1v) is 10.5. The van der Waals surface area contributed by atoms with Gasteiger partial charge in [-0.15, -0.1) is 0 Å². The molecule has 29 heavy (non-hydrogen) atoms. The molecule has 4 nitrogen and oxygen atoms in total. The third kappa shape index (κ3) is 5.81. The maximum absolute atomic E-state index is 6.23. The minimum Gasteiger partial charge on any atom is -0.497 e. The van der Waals surface area contributed by atoms with Crippen LogP contribution in [0.4, 0.5) is 5.69 Å². The smallest absolute Gasteiger partial charge is 0.162 e. The fourth-order valence-electron chi connectivity index (χ4n) is 2.77. The van der Waals surface area contributed by atoms with E-state index in [4.69, 9.17) is 25.8 Å². The number of benzene rings is 3. The Morgan fingerprint density at radius 2 is 1.66 bits per heavy atom. The quantitative estimate of drug-likeness (QED) is 0.373. The molecular formula is C23H23BrClNO3. The van der Waals surface area contributed by atoms with Crippen LogP contribution in [0.3, 0.4) is 0 Å². The molecule has 0 radical (unpaired) electrons. The highest BCUT2D eigenvalue weighted by Gasteiger charge is 2.12. The van der Waals surface area contributed by atoms with Gasteiger partial charge in [0.15, 0.2) is 11.5 Å². The van der Waals surface area contributed by atoms with Crippen LogP contribution in [-0.2, 0) is 13.2 Å². The van der Waals surface area contributed by atoms with Crippen molar-refractivity contribution >= 4 is 33.2 Å². The average Bonchev–Trinajstić information content (AvgIpc) is 2.74. The van der Waals surface area contributed by atoms with Crippen molar-refractivity contribution in [1.29, 1.82) is 0 Å². The van der Waals surface area contributed by atoms with Gasteiger partial charge in [0.25, 0.3) is 0 Å². The Hall–Kier alpha value is -2.37. The number of hydrogen-bond donors (Lipinski definition) is 1. The maximum Gasteiger partial charge on any atom is 0.162 e. The maximum atomic E-state index is 6.23. The number of nitrogens with one attached hydrogen (secondary N) is 1. The zero-order valence-electron chi connectivity index (χ0n) is 16.4. The Kier molecular flexibility index (Phi) is 7.67. The number of methoxy groups -OCH3 is 1. The predicted molar refractivity (Wildman–Crippen MR) is 121 cm³/mol. The molecule has 0 aliphatic rings. The van der Waals surface area contributed by atoms with Crippen LogP contribution in [-0.4, -0.2) is 13.7 Å². The van der Waals surface area contributed by atoms with Crippen molar-refractivity contribution in [3.05, 3.63) is 81.3 Å². The van der Waals surface area contributed by atoms with Gasteiger partial charge in [-0.3, -0.25) is 0 Å². The minimum atomic E-state index is 0.371. The molecule has 0 unspecified atom stereocenters. The molecular weight excluding hydrogens is 454 g/mol. The monoisotopic (exact) mass is 475 g/mol. The first kappa shape index (κ1) is 21.3. The second-order valence-electron chi connectivity index (χ2n) is 6.29. The van der Waals surface area contributed by atoms with E-state index in [1.54, 1.807) is 7.11 Å². The lowest BCUT2D eigenvalue weighted by molar-refractivity contribution is 0.269. The van der Waals surface area contributed by atoms with Gasteiger partial charge in [-0.1, -0.05) is 45.7 Å². The third-order valence-corrected chi connectivity index (χ3v) is 5.43. The second kappa shape index (κ2) is 10.4. The third-order valence-electron chi connectivity index (χ3n) is 4.33. The zero-order chi connectivity index (χ0) is 20.6. The van der Waals surface area contributed by atoms with E-state index in [9.17, 15) is 0 Å². The van der Waals surface area contributed by atoms with Crippen molar-refractivity contribution in [2.75, 3.05) is 19.0 Å². The van der Waals surface area contributed by atoms with E-state index in [0.717, 1.165) is 27.0 Å². The van der Waals surface area contributed by atoms with E-state index < -0.39 is 0 Å². The van der Waals surface area contributed by atoms with Crippen molar-refractivity contribution in [3.8, 4) is 17.2 Å². The molecule has 0 amide bonds. The standard InChI is InChI=1S/C23H23BrClNO3/c1-3-28-22-12-17(14-26-18-8-10-19(27-2)11-9-18)20(24)13-23(22)29-15-16-6-4-5-7-21(16)25/h4-13,26H,3,14-15H2,1-2H3. The summed E-state index contributed by atoms with van der Waals surface area (Å²) < 4.78 is 18.0. The molecule has 1 N–H and O–H groups in total. The van der Waals surface area contributed by atoms with Gasteiger partial charge in [0.05, 0.1) is 13.7 Å². The van der Waals surface area contributed by atoms with E-state index in [1.807, 2.05) is 67.6 Å². The summed E-state index contributed by atoms with van der Waals surface area (Å²) in [6.07, 6.45) is 0. The van der Waals surface area contributed by atoms with Crippen LogP contribution in [0.15, 0.2) is 65.1 Å². The topological polar surface area (TPSA) is 39.7 Å². The second-order valence-corrected chi connectivity index (χ2v) is 7.55. The highest BCUT2D eigenvalue weighted by Crippen LogP contribution is 2.35. The van der Waals surface area contributed by atoms with Crippen LogP contribution in [0.1, 0.15) is 18.1 Å². The summed E-state index contributed by atoms with van der Waals surface area (Å²) in [4.78, 5) is 0. The van der Waals surface area contributed by atoms with Crippen molar-refractivity contribution in [2.45, 2.75) is 20.1 Å². The molecule has 0 heterocycles. The van der Waals surface area contributed by atoms with Crippen molar-refractivity contribution in [3.63, 3.8) is 0 Å². The van der Waals surface area contributed by atoms with Crippen LogP contribution in [0.2, 0.25) is 5.02 Å². The fraction of sp³-hybridized carbons (Fsp3) is 0.217. The van der Waals surface area contributed by atoms with E-state index in [2.05, 4.69) is 21.2 Å². The summed E-state index contributed by atoms with van der Waals surface area (Å²) in [7, 11) is 1.66. The Labute approximate surface area is 184 Å².